The lowest BCUT2D eigenvalue weighted by Gasteiger charge is -2.29. The summed E-state index contributed by atoms with van der Waals surface area (Å²) >= 11 is 0. The molecule has 1 nitrogen and oxygen atoms in total. The Morgan fingerprint density at radius 3 is 2.92 bits per heavy atom. The first-order chi connectivity index (χ1) is 6.22. The molecule has 0 aromatic heterocycles. The minimum atomic E-state index is 0.760. The van der Waals surface area contributed by atoms with Crippen molar-refractivity contribution < 1.29 is 0 Å². The first-order valence-corrected chi connectivity index (χ1v) is 5.60. The second-order valence-electron chi connectivity index (χ2n) is 4.45. The minimum Gasteiger partial charge on any atom is -0.314 e. The molecule has 0 radical (unpaired) electrons. The Hall–Kier alpha value is -0.300. The SMILES string of the molecule is C=C(C)CCC1CC(CC)CCN1. The summed E-state index contributed by atoms with van der Waals surface area (Å²) < 4.78 is 0. The highest BCUT2D eigenvalue weighted by atomic mass is 14.9. The van der Waals surface area contributed by atoms with Crippen molar-refractivity contribution in [1.82, 2.24) is 5.32 Å². The summed E-state index contributed by atoms with van der Waals surface area (Å²) in [6, 6.07) is 0.760. The molecule has 1 aliphatic rings. The molecule has 1 rings (SSSR count). The predicted molar refractivity (Wildman–Crippen MR) is 58.9 cm³/mol. The van der Waals surface area contributed by atoms with E-state index in [9.17, 15) is 0 Å². The number of piperidine rings is 1. The van der Waals surface area contributed by atoms with E-state index >= 15 is 0 Å². The van der Waals surface area contributed by atoms with Crippen LogP contribution in [0, 0.1) is 5.92 Å². The maximum atomic E-state index is 3.95. The Morgan fingerprint density at radius 2 is 2.31 bits per heavy atom. The van der Waals surface area contributed by atoms with E-state index in [-0.39, 0.29) is 0 Å². The monoisotopic (exact) mass is 181 g/mol. The van der Waals surface area contributed by atoms with Crippen LogP contribution in [-0.4, -0.2) is 12.6 Å². The molecule has 1 N–H and O–H groups in total. The first kappa shape index (κ1) is 10.8. The van der Waals surface area contributed by atoms with Gasteiger partial charge in [-0.15, -0.1) is 6.58 Å². The van der Waals surface area contributed by atoms with Crippen molar-refractivity contribution in [2.45, 2.75) is 52.0 Å². The Bertz CT molecular complexity index is 163. The maximum Gasteiger partial charge on any atom is 0.00727 e. The van der Waals surface area contributed by atoms with E-state index in [2.05, 4.69) is 25.7 Å². The lowest BCUT2D eigenvalue weighted by Crippen LogP contribution is -2.37. The van der Waals surface area contributed by atoms with Gasteiger partial charge >= 0.3 is 0 Å². The third-order valence-corrected chi connectivity index (χ3v) is 3.10. The zero-order chi connectivity index (χ0) is 9.68. The van der Waals surface area contributed by atoms with Gasteiger partial charge in [0.2, 0.25) is 0 Å². The van der Waals surface area contributed by atoms with Gasteiger partial charge in [0.25, 0.3) is 0 Å². The van der Waals surface area contributed by atoms with Gasteiger partial charge < -0.3 is 5.32 Å². The first-order valence-electron chi connectivity index (χ1n) is 5.60. The molecular formula is C12H23N. The van der Waals surface area contributed by atoms with Crippen LogP contribution in [0.4, 0.5) is 0 Å². The van der Waals surface area contributed by atoms with Crippen LogP contribution in [0.2, 0.25) is 0 Å². The normalized spacial score (nSPS) is 28.8. The van der Waals surface area contributed by atoms with E-state index in [1.807, 2.05) is 0 Å². The summed E-state index contributed by atoms with van der Waals surface area (Å²) in [6.45, 7) is 9.61. The van der Waals surface area contributed by atoms with Crippen molar-refractivity contribution in [2.24, 2.45) is 5.92 Å². The van der Waals surface area contributed by atoms with Gasteiger partial charge in [0.05, 0.1) is 0 Å². The second-order valence-corrected chi connectivity index (χ2v) is 4.45. The van der Waals surface area contributed by atoms with Crippen molar-refractivity contribution in [2.75, 3.05) is 6.54 Å². The van der Waals surface area contributed by atoms with Gasteiger partial charge in [-0.1, -0.05) is 18.9 Å². The largest absolute Gasteiger partial charge is 0.314 e. The molecule has 0 aromatic rings. The van der Waals surface area contributed by atoms with Crippen LogP contribution in [-0.2, 0) is 0 Å². The van der Waals surface area contributed by atoms with Crippen LogP contribution in [0.15, 0.2) is 12.2 Å². The Kier molecular flexibility index (Phi) is 4.51. The fourth-order valence-electron chi connectivity index (χ4n) is 2.11. The molecule has 0 bridgehead atoms. The number of hydrogen-bond acceptors (Lipinski definition) is 1. The zero-order valence-corrected chi connectivity index (χ0v) is 9.10. The van der Waals surface area contributed by atoms with Crippen LogP contribution >= 0.6 is 0 Å². The highest BCUT2D eigenvalue weighted by molar-refractivity contribution is 4.90. The van der Waals surface area contributed by atoms with E-state index in [1.165, 1.54) is 44.2 Å². The topological polar surface area (TPSA) is 12.0 Å². The second kappa shape index (κ2) is 5.43. The van der Waals surface area contributed by atoms with E-state index in [0.717, 1.165) is 12.0 Å². The molecule has 1 heteroatoms. The lowest BCUT2D eigenvalue weighted by molar-refractivity contribution is 0.285. The van der Waals surface area contributed by atoms with Crippen LogP contribution in [0.25, 0.3) is 0 Å². The van der Waals surface area contributed by atoms with Gasteiger partial charge in [0.1, 0.15) is 0 Å². The summed E-state index contributed by atoms with van der Waals surface area (Å²) in [4.78, 5) is 0. The van der Waals surface area contributed by atoms with Gasteiger partial charge in [0, 0.05) is 6.04 Å². The quantitative estimate of drug-likeness (QED) is 0.657. The molecule has 0 amide bonds. The molecule has 0 aromatic carbocycles. The van der Waals surface area contributed by atoms with E-state index in [4.69, 9.17) is 0 Å². The predicted octanol–water partition coefficient (Wildman–Crippen LogP) is 3.12. The number of nitrogens with one attached hydrogen (secondary N) is 1. The van der Waals surface area contributed by atoms with Gasteiger partial charge in [-0.05, 0) is 45.1 Å². The van der Waals surface area contributed by atoms with Crippen LogP contribution < -0.4 is 5.32 Å². The molecule has 1 aliphatic heterocycles. The Labute approximate surface area is 82.6 Å². The van der Waals surface area contributed by atoms with E-state index < -0.39 is 0 Å². The summed E-state index contributed by atoms with van der Waals surface area (Å²) in [5, 5.41) is 3.60. The van der Waals surface area contributed by atoms with E-state index in [1.54, 1.807) is 0 Å². The Balaban J connectivity index is 2.21. The van der Waals surface area contributed by atoms with Gasteiger partial charge in [0.15, 0.2) is 0 Å². The van der Waals surface area contributed by atoms with Gasteiger partial charge in [-0.25, -0.2) is 0 Å². The molecule has 76 valence electrons. The standard InChI is InChI=1S/C12H23N/c1-4-11-7-8-13-12(9-11)6-5-10(2)3/h11-13H,2,4-9H2,1,3H3. The number of hydrogen-bond donors (Lipinski definition) is 1. The molecule has 13 heavy (non-hydrogen) atoms. The minimum absolute atomic E-state index is 0.760. The smallest absolute Gasteiger partial charge is 0.00727 e. The van der Waals surface area contributed by atoms with Crippen molar-refractivity contribution in [3.8, 4) is 0 Å². The Morgan fingerprint density at radius 1 is 1.54 bits per heavy atom. The summed E-state index contributed by atoms with van der Waals surface area (Å²) in [6.07, 6.45) is 6.58. The number of allylic oxidation sites excluding steroid dienone is 1. The molecule has 1 fully saturated rings. The fraction of sp³-hybridized carbons (Fsp3) is 0.833. The lowest BCUT2D eigenvalue weighted by atomic mass is 9.88. The fourth-order valence-corrected chi connectivity index (χ4v) is 2.11. The molecule has 2 unspecified atom stereocenters. The van der Waals surface area contributed by atoms with Crippen molar-refractivity contribution in [3.05, 3.63) is 12.2 Å². The van der Waals surface area contributed by atoms with Crippen molar-refractivity contribution in [3.63, 3.8) is 0 Å². The molecule has 2 atom stereocenters. The van der Waals surface area contributed by atoms with Crippen LogP contribution in [0.1, 0.15) is 46.0 Å². The van der Waals surface area contributed by atoms with Crippen molar-refractivity contribution >= 4 is 0 Å². The molecular weight excluding hydrogens is 158 g/mol. The zero-order valence-electron chi connectivity index (χ0n) is 9.10. The third kappa shape index (κ3) is 3.95. The summed E-state index contributed by atoms with van der Waals surface area (Å²) in [5.74, 6) is 0.969. The van der Waals surface area contributed by atoms with E-state index in [0.29, 0.717) is 0 Å². The molecule has 0 saturated carbocycles. The molecule has 0 spiro atoms. The highest BCUT2D eigenvalue weighted by Crippen LogP contribution is 2.22. The third-order valence-electron chi connectivity index (χ3n) is 3.10. The van der Waals surface area contributed by atoms with Crippen molar-refractivity contribution in [1.29, 1.82) is 0 Å². The maximum absolute atomic E-state index is 3.95. The van der Waals surface area contributed by atoms with Crippen LogP contribution in [0.3, 0.4) is 0 Å². The average Bonchev–Trinajstić information content (AvgIpc) is 2.15. The van der Waals surface area contributed by atoms with Gasteiger partial charge in [-0.2, -0.15) is 0 Å². The molecule has 1 saturated heterocycles. The van der Waals surface area contributed by atoms with Gasteiger partial charge in [-0.3, -0.25) is 0 Å². The number of rotatable bonds is 4. The molecule has 1 heterocycles. The van der Waals surface area contributed by atoms with Crippen LogP contribution in [0.5, 0.6) is 0 Å². The summed E-state index contributed by atoms with van der Waals surface area (Å²) in [7, 11) is 0. The summed E-state index contributed by atoms with van der Waals surface area (Å²) in [5.41, 5.74) is 1.32. The molecule has 0 aliphatic carbocycles. The highest BCUT2D eigenvalue weighted by Gasteiger charge is 2.19. The average molecular weight is 181 g/mol.